The lowest BCUT2D eigenvalue weighted by Gasteiger charge is -2.21. The Hall–Kier alpha value is -2.56. The molecular weight excluding hydrogens is 1050 g/mol. The van der Waals surface area contributed by atoms with E-state index in [4.69, 9.17) is 23.3 Å². The second kappa shape index (κ2) is 64.4. The van der Waals surface area contributed by atoms with Gasteiger partial charge in [-0.2, -0.15) is 0 Å². The molecule has 3 unspecified atom stereocenters. The largest absolute Gasteiger partial charge is 0.472 e. The van der Waals surface area contributed by atoms with E-state index in [2.05, 4.69) is 69.4 Å². The van der Waals surface area contributed by atoms with E-state index in [-0.39, 0.29) is 25.9 Å². The van der Waals surface area contributed by atoms with Crippen LogP contribution in [0.25, 0.3) is 0 Å². The number of esters is 3. The van der Waals surface area contributed by atoms with Gasteiger partial charge in [-0.15, -0.1) is 0 Å². The van der Waals surface area contributed by atoms with Crippen molar-refractivity contribution in [3.05, 3.63) is 48.6 Å². The Morgan fingerprint density at radius 1 is 0.354 bits per heavy atom. The summed E-state index contributed by atoms with van der Waals surface area (Å²) >= 11 is 0. The molecule has 2 N–H and O–H groups in total. The summed E-state index contributed by atoms with van der Waals surface area (Å²) < 4.78 is 39.8. The number of hydrogen-bond acceptors (Lipinski definition) is 10. The minimum atomic E-state index is -4.76. The zero-order chi connectivity index (χ0) is 59.8. The highest BCUT2D eigenvalue weighted by Gasteiger charge is 2.28. The van der Waals surface area contributed by atoms with Gasteiger partial charge in [-0.05, 0) is 57.8 Å². The lowest BCUT2D eigenvalue weighted by Crippen LogP contribution is -2.30. The molecule has 0 radical (unpaired) electrons. The molecule has 0 aromatic carbocycles. The van der Waals surface area contributed by atoms with Gasteiger partial charge < -0.3 is 24.2 Å². The molecule has 0 fully saturated rings. The van der Waals surface area contributed by atoms with Gasteiger partial charge in [0.15, 0.2) is 6.10 Å². The van der Waals surface area contributed by atoms with Crippen LogP contribution in [0.5, 0.6) is 0 Å². The number of ether oxygens (including phenoxy) is 3. The van der Waals surface area contributed by atoms with E-state index < -0.39 is 57.8 Å². The number of aliphatic hydroxyl groups is 1. The van der Waals surface area contributed by atoms with E-state index >= 15 is 0 Å². The van der Waals surface area contributed by atoms with Crippen molar-refractivity contribution >= 4 is 25.7 Å². The van der Waals surface area contributed by atoms with Gasteiger partial charge in [-0.1, -0.05) is 313 Å². The highest BCUT2D eigenvalue weighted by Crippen LogP contribution is 2.43. The van der Waals surface area contributed by atoms with Crippen LogP contribution in [0.3, 0.4) is 0 Å². The van der Waals surface area contributed by atoms with Crippen LogP contribution in [-0.2, 0) is 42.2 Å². The van der Waals surface area contributed by atoms with Crippen LogP contribution >= 0.6 is 7.82 Å². The number of aliphatic hydroxyl groups excluding tert-OH is 1. The summed E-state index contributed by atoms with van der Waals surface area (Å²) in [4.78, 5) is 48.9. The van der Waals surface area contributed by atoms with Crippen LogP contribution in [0, 0.1) is 0 Å². The third-order valence-electron chi connectivity index (χ3n) is 15.3. The predicted octanol–water partition coefficient (Wildman–Crippen LogP) is 21.3. The number of carbonyl (C=O) groups excluding carboxylic acids is 3. The summed E-state index contributed by atoms with van der Waals surface area (Å²) in [6, 6.07) is 0. The summed E-state index contributed by atoms with van der Waals surface area (Å²) in [5.41, 5.74) is 0. The van der Waals surface area contributed by atoms with Gasteiger partial charge in [0.2, 0.25) is 0 Å². The van der Waals surface area contributed by atoms with E-state index in [0.29, 0.717) is 19.3 Å². The van der Waals surface area contributed by atoms with Crippen LogP contribution in [0.1, 0.15) is 342 Å². The van der Waals surface area contributed by atoms with Gasteiger partial charge >= 0.3 is 25.7 Å². The average molecular weight is 1180 g/mol. The summed E-state index contributed by atoms with van der Waals surface area (Å²) in [5, 5.41) is 9.88. The van der Waals surface area contributed by atoms with Crippen molar-refractivity contribution in [2.75, 3.05) is 26.4 Å². The molecule has 0 rings (SSSR count). The maximum atomic E-state index is 13.0. The Morgan fingerprint density at radius 2 is 0.634 bits per heavy atom. The molecule has 0 heterocycles. The molecule has 0 aliphatic carbocycles. The van der Waals surface area contributed by atoms with Crippen molar-refractivity contribution in [2.45, 2.75) is 354 Å². The second-order valence-corrected chi connectivity index (χ2v) is 24.8. The minimum absolute atomic E-state index is 0.167. The SMILES string of the molecule is CC/C=C\C/C=C\C/C=C\C/C=C\CCCCCCC(=O)OCC(COP(=O)(O)OCC(CO)OC(=O)CCCCCCCCCCCCCCCCCCCCC)OC(=O)CCCCCCCCCCCCCCCCCCCCC. The number of carbonyl (C=O) groups is 3. The van der Waals surface area contributed by atoms with Crippen molar-refractivity contribution in [1.29, 1.82) is 0 Å². The van der Waals surface area contributed by atoms with Crippen molar-refractivity contribution in [1.82, 2.24) is 0 Å². The Labute approximate surface area is 504 Å². The second-order valence-electron chi connectivity index (χ2n) is 23.3. The van der Waals surface area contributed by atoms with E-state index in [1.54, 1.807) is 0 Å². The van der Waals surface area contributed by atoms with Gasteiger partial charge in [-0.3, -0.25) is 23.4 Å². The summed E-state index contributed by atoms with van der Waals surface area (Å²) in [6.45, 7) is 4.60. The third kappa shape index (κ3) is 62.0. The van der Waals surface area contributed by atoms with E-state index in [1.807, 2.05) is 0 Å². The fourth-order valence-electron chi connectivity index (χ4n) is 10.1. The molecule has 0 spiro atoms. The zero-order valence-corrected chi connectivity index (χ0v) is 54.4. The molecule has 0 saturated carbocycles. The zero-order valence-electron chi connectivity index (χ0n) is 53.5. The fraction of sp³-hybridized carbons (Fsp3) is 0.843. The van der Waals surface area contributed by atoms with Crippen molar-refractivity contribution < 1.29 is 52.2 Å². The Balaban J connectivity index is 4.65. The standard InChI is InChI=1S/C70H129O11P/c1-4-7-10-13-16-19-22-25-28-31-33-36-39-42-45-48-51-54-57-60-69(73)80-66(62-71)64-78-82(75,76)79-65-67(63-77-68(72)59-56-53-50-47-44-41-38-35-30-27-24-21-18-15-12-9-6-3)81-70(74)61-58-55-52-49-46-43-40-37-34-32-29-26-23-20-17-14-11-8-5-2/h9,12,18,21,27,30,38,41,66-67,71H,4-8,10-11,13-17,19-20,22-26,28-29,31-37,39-40,42-65H2,1-3H3,(H,75,76)/b12-9-,21-18-,30-27-,41-38-. The first-order valence-corrected chi connectivity index (χ1v) is 36.0. The van der Waals surface area contributed by atoms with E-state index in [9.17, 15) is 28.9 Å². The maximum Gasteiger partial charge on any atom is 0.472 e. The topological polar surface area (TPSA) is 155 Å². The predicted molar refractivity (Wildman–Crippen MR) is 344 cm³/mol. The summed E-state index contributed by atoms with van der Waals surface area (Å²) in [7, 11) is -4.76. The molecular formula is C70H129O11P. The number of phosphoric acid groups is 1. The van der Waals surface area contributed by atoms with Crippen molar-refractivity contribution in [3.63, 3.8) is 0 Å². The number of phosphoric ester groups is 1. The molecule has 3 atom stereocenters. The van der Waals surface area contributed by atoms with Crippen LogP contribution in [-0.4, -0.2) is 66.5 Å². The van der Waals surface area contributed by atoms with E-state index in [1.165, 1.54) is 193 Å². The number of unbranched alkanes of at least 4 members (excludes halogenated alkanes) is 40. The lowest BCUT2D eigenvalue weighted by atomic mass is 10.0. The normalized spacial score (nSPS) is 13.5. The first kappa shape index (κ1) is 79.4. The molecule has 0 aliphatic heterocycles. The molecule has 0 saturated heterocycles. The number of hydrogen-bond donors (Lipinski definition) is 2. The first-order chi connectivity index (χ1) is 40.2. The number of allylic oxidation sites excluding steroid dienone is 8. The third-order valence-corrected chi connectivity index (χ3v) is 16.2. The average Bonchev–Trinajstić information content (AvgIpc) is 3.47. The summed E-state index contributed by atoms with van der Waals surface area (Å²) in [6.07, 6.45) is 72.1. The summed E-state index contributed by atoms with van der Waals surface area (Å²) in [5.74, 6) is -1.46. The molecule has 11 nitrogen and oxygen atoms in total. The van der Waals surface area contributed by atoms with Crippen molar-refractivity contribution in [2.24, 2.45) is 0 Å². The van der Waals surface area contributed by atoms with Gasteiger partial charge in [0.25, 0.3) is 0 Å². The van der Waals surface area contributed by atoms with Gasteiger partial charge in [-0.25, -0.2) is 4.57 Å². The quantitative estimate of drug-likeness (QED) is 0.0197. The Kier molecular flexibility index (Phi) is 62.4. The molecule has 0 aromatic rings. The smallest absolute Gasteiger partial charge is 0.462 e. The first-order valence-electron chi connectivity index (χ1n) is 34.5. The Morgan fingerprint density at radius 3 is 0.976 bits per heavy atom. The minimum Gasteiger partial charge on any atom is -0.462 e. The fourth-order valence-corrected chi connectivity index (χ4v) is 10.8. The van der Waals surface area contributed by atoms with Gasteiger partial charge in [0, 0.05) is 19.3 Å². The van der Waals surface area contributed by atoms with Crippen molar-refractivity contribution in [3.8, 4) is 0 Å². The monoisotopic (exact) mass is 1180 g/mol. The molecule has 0 aromatic heterocycles. The number of rotatable bonds is 65. The molecule has 0 aliphatic rings. The molecule has 0 bridgehead atoms. The van der Waals surface area contributed by atoms with Crippen LogP contribution in [0.2, 0.25) is 0 Å². The molecule has 12 heteroatoms. The van der Waals surface area contributed by atoms with E-state index in [0.717, 1.165) is 89.9 Å². The molecule has 0 amide bonds. The van der Waals surface area contributed by atoms with Crippen LogP contribution in [0.4, 0.5) is 0 Å². The molecule has 82 heavy (non-hydrogen) atoms. The highest BCUT2D eigenvalue weighted by atomic mass is 31.2. The van der Waals surface area contributed by atoms with Crippen LogP contribution < -0.4 is 0 Å². The Bertz CT molecular complexity index is 1560. The maximum absolute atomic E-state index is 13.0. The highest BCUT2D eigenvalue weighted by molar-refractivity contribution is 7.47. The molecule has 480 valence electrons. The van der Waals surface area contributed by atoms with Crippen LogP contribution in [0.15, 0.2) is 48.6 Å². The lowest BCUT2D eigenvalue weighted by molar-refractivity contribution is -0.161. The van der Waals surface area contributed by atoms with Gasteiger partial charge in [0.1, 0.15) is 12.7 Å². The van der Waals surface area contributed by atoms with Gasteiger partial charge in [0.05, 0.1) is 19.8 Å².